The van der Waals surface area contributed by atoms with E-state index in [1.165, 1.54) is 32.1 Å². The van der Waals surface area contributed by atoms with Crippen LogP contribution in [0.1, 0.15) is 32.1 Å². The lowest BCUT2D eigenvalue weighted by Gasteiger charge is -2.21. The van der Waals surface area contributed by atoms with Crippen molar-refractivity contribution < 1.29 is 9.84 Å². The molecule has 1 radical (unpaired) electrons. The molecule has 2 nitrogen and oxygen atoms in total. The van der Waals surface area contributed by atoms with E-state index in [4.69, 9.17) is 4.74 Å². The largest absolute Gasteiger partial charge is 0.376 e. The molecule has 0 aliphatic heterocycles. The minimum atomic E-state index is -0.0868. The number of ether oxygens (including phenoxy) is 1. The van der Waals surface area contributed by atoms with Gasteiger partial charge in [0, 0.05) is 0 Å². The second kappa shape index (κ2) is 4.69. The number of rotatable bonds is 3. The molecule has 0 spiro atoms. The fourth-order valence-electron chi connectivity index (χ4n) is 1.45. The van der Waals surface area contributed by atoms with Gasteiger partial charge in [-0.1, -0.05) is 19.3 Å². The molecular weight excluding hydrogens is 128 g/mol. The first kappa shape index (κ1) is 8.02. The third-order valence-corrected chi connectivity index (χ3v) is 1.99. The summed E-state index contributed by atoms with van der Waals surface area (Å²) in [6.45, 7) is 0.321. The van der Waals surface area contributed by atoms with Crippen molar-refractivity contribution in [2.75, 3.05) is 13.2 Å². The zero-order valence-electron chi connectivity index (χ0n) is 6.34. The minimum absolute atomic E-state index is 0.0868. The smallest absolute Gasteiger partial charge is 0.106 e. The van der Waals surface area contributed by atoms with Crippen molar-refractivity contribution in [1.29, 1.82) is 0 Å². The fourth-order valence-corrected chi connectivity index (χ4v) is 1.45. The van der Waals surface area contributed by atoms with Gasteiger partial charge < -0.3 is 4.74 Å². The van der Waals surface area contributed by atoms with Crippen LogP contribution in [0.15, 0.2) is 0 Å². The highest BCUT2D eigenvalue weighted by atomic mass is 16.5. The van der Waals surface area contributed by atoms with E-state index in [9.17, 15) is 5.11 Å². The Morgan fingerprint density at radius 2 is 1.90 bits per heavy atom. The van der Waals surface area contributed by atoms with Crippen LogP contribution < -0.4 is 0 Å². The molecule has 0 saturated heterocycles. The van der Waals surface area contributed by atoms with Crippen molar-refractivity contribution in [3.05, 3.63) is 0 Å². The van der Waals surface area contributed by atoms with Crippen LogP contribution in [-0.4, -0.2) is 19.3 Å². The van der Waals surface area contributed by atoms with Gasteiger partial charge in [-0.15, -0.1) is 0 Å². The average molecular weight is 143 g/mol. The van der Waals surface area contributed by atoms with Crippen LogP contribution in [0.3, 0.4) is 0 Å². The third kappa shape index (κ3) is 2.67. The van der Waals surface area contributed by atoms with Gasteiger partial charge in [0.2, 0.25) is 0 Å². The molecule has 0 atom stereocenters. The second-order valence-electron chi connectivity index (χ2n) is 2.83. The molecule has 0 unspecified atom stereocenters. The molecule has 0 N–H and O–H groups in total. The molecule has 59 valence electrons. The van der Waals surface area contributed by atoms with Gasteiger partial charge in [0.1, 0.15) is 6.61 Å². The Labute approximate surface area is 62.2 Å². The van der Waals surface area contributed by atoms with Gasteiger partial charge in [0.15, 0.2) is 0 Å². The molecule has 1 saturated carbocycles. The van der Waals surface area contributed by atoms with Gasteiger partial charge in [-0.3, -0.25) is 0 Å². The van der Waals surface area contributed by atoms with E-state index < -0.39 is 0 Å². The molecule has 0 aromatic carbocycles. The van der Waals surface area contributed by atoms with Gasteiger partial charge in [-0.25, -0.2) is 5.11 Å². The molecule has 1 aliphatic carbocycles. The van der Waals surface area contributed by atoms with Gasteiger partial charge in [-0.2, -0.15) is 0 Å². The number of hydrogen-bond donors (Lipinski definition) is 0. The van der Waals surface area contributed by atoms with E-state index in [1.54, 1.807) is 0 Å². The Balaban J connectivity index is 2.02. The molecule has 1 aliphatic rings. The fraction of sp³-hybridized carbons (Fsp3) is 1.00. The molecular formula is C8H15O2. The molecule has 0 heterocycles. The molecule has 2 heteroatoms. The normalized spacial score (nSPS) is 21.3. The summed E-state index contributed by atoms with van der Waals surface area (Å²) in [4.78, 5) is 0. The van der Waals surface area contributed by atoms with Gasteiger partial charge >= 0.3 is 0 Å². The topological polar surface area (TPSA) is 29.1 Å². The quantitative estimate of drug-likeness (QED) is 0.592. The monoisotopic (exact) mass is 143 g/mol. The van der Waals surface area contributed by atoms with Crippen LogP contribution in [0.25, 0.3) is 0 Å². The second-order valence-corrected chi connectivity index (χ2v) is 2.83. The summed E-state index contributed by atoms with van der Waals surface area (Å²) in [5.41, 5.74) is 0. The van der Waals surface area contributed by atoms with Crippen LogP contribution in [0.4, 0.5) is 0 Å². The summed E-state index contributed by atoms with van der Waals surface area (Å²) in [5.74, 6) is 0. The summed E-state index contributed by atoms with van der Waals surface area (Å²) in [7, 11) is 0. The zero-order valence-corrected chi connectivity index (χ0v) is 6.34. The van der Waals surface area contributed by atoms with Crippen LogP contribution in [0.2, 0.25) is 0 Å². The van der Waals surface area contributed by atoms with Crippen molar-refractivity contribution in [3.8, 4) is 0 Å². The van der Waals surface area contributed by atoms with Gasteiger partial charge in [0.05, 0.1) is 12.7 Å². The molecule has 1 rings (SSSR count). The lowest BCUT2D eigenvalue weighted by molar-refractivity contribution is -0.00453. The van der Waals surface area contributed by atoms with Crippen molar-refractivity contribution >= 4 is 0 Å². The lowest BCUT2D eigenvalue weighted by atomic mass is 9.98. The number of hydrogen-bond acceptors (Lipinski definition) is 1. The minimum Gasteiger partial charge on any atom is -0.376 e. The summed E-state index contributed by atoms with van der Waals surface area (Å²) >= 11 is 0. The maximum atomic E-state index is 10.0. The summed E-state index contributed by atoms with van der Waals surface area (Å²) in [6, 6.07) is 0. The SMILES string of the molecule is [O]CCOC1CCCCC1. The maximum absolute atomic E-state index is 10.0. The van der Waals surface area contributed by atoms with Crippen LogP contribution in [-0.2, 0) is 9.84 Å². The first-order valence-corrected chi connectivity index (χ1v) is 4.13. The van der Waals surface area contributed by atoms with Gasteiger partial charge in [0.25, 0.3) is 0 Å². The van der Waals surface area contributed by atoms with Crippen molar-refractivity contribution in [1.82, 2.24) is 0 Å². The van der Waals surface area contributed by atoms with E-state index in [2.05, 4.69) is 0 Å². The first-order valence-electron chi connectivity index (χ1n) is 4.13. The first-order chi connectivity index (χ1) is 4.93. The zero-order chi connectivity index (χ0) is 7.23. The Bertz CT molecular complexity index is 77.3. The van der Waals surface area contributed by atoms with Crippen molar-refractivity contribution in [3.63, 3.8) is 0 Å². The molecule has 0 amide bonds. The predicted octanol–water partition coefficient (Wildman–Crippen LogP) is 1.77. The average Bonchev–Trinajstić information content (AvgIpc) is 2.03. The van der Waals surface area contributed by atoms with Crippen molar-refractivity contribution in [2.45, 2.75) is 38.2 Å². The Morgan fingerprint density at radius 3 is 2.50 bits per heavy atom. The molecule has 0 bridgehead atoms. The van der Waals surface area contributed by atoms with Crippen LogP contribution in [0.5, 0.6) is 0 Å². The molecule has 0 aromatic heterocycles. The highest BCUT2D eigenvalue weighted by Gasteiger charge is 2.12. The molecule has 1 fully saturated rings. The molecule has 0 aromatic rings. The standard InChI is InChI=1S/C8H15O2/c9-6-7-10-8-4-2-1-3-5-8/h8H,1-7H2. The van der Waals surface area contributed by atoms with E-state index in [0.29, 0.717) is 12.7 Å². The Hall–Kier alpha value is -0.0800. The summed E-state index contributed by atoms with van der Waals surface area (Å²) < 4.78 is 5.32. The highest BCUT2D eigenvalue weighted by Crippen LogP contribution is 2.19. The van der Waals surface area contributed by atoms with Crippen molar-refractivity contribution in [2.24, 2.45) is 0 Å². The Morgan fingerprint density at radius 1 is 1.20 bits per heavy atom. The van der Waals surface area contributed by atoms with E-state index in [0.717, 1.165) is 0 Å². The van der Waals surface area contributed by atoms with E-state index in [-0.39, 0.29) is 6.61 Å². The molecule has 10 heavy (non-hydrogen) atoms. The Kier molecular flexibility index (Phi) is 3.76. The predicted molar refractivity (Wildman–Crippen MR) is 38.4 cm³/mol. The maximum Gasteiger partial charge on any atom is 0.106 e. The van der Waals surface area contributed by atoms with E-state index in [1.807, 2.05) is 0 Å². The van der Waals surface area contributed by atoms with Crippen LogP contribution in [0, 0.1) is 0 Å². The van der Waals surface area contributed by atoms with Crippen LogP contribution >= 0.6 is 0 Å². The van der Waals surface area contributed by atoms with E-state index >= 15 is 0 Å². The summed E-state index contributed by atoms with van der Waals surface area (Å²) in [5, 5.41) is 10.0. The van der Waals surface area contributed by atoms with Gasteiger partial charge in [-0.05, 0) is 12.8 Å². The summed E-state index contributed by atoms with van der Waals surface area (Å²) in [6.07, 6.45) is 6.65. The lowest BCUT2D eigenvalue weighted by Crippen LogP contribution is -2.17. The third-order valence-electron chi connectivity index (χ3n) is 1.99. The highest BCUT2D eigenvalue weighted by molar-refractivity contribution is 4.64.